The molecule has 0 saturated carbocycles. The zero-order valence-electron chi connectivity index (χ0n) is 16.4. The standard InChI is InChI=1S/C20H28N4O3/c1-15(2)22-10-12-23(13-11-22)18(25)17-6-4-16(5-7-17)14-24-9-8-21(3)19(26)20(24)27/h4-7,15H,8-14H2,1-3H3. The first kappa shape index (κ1) is 19.4. The van der Waals surface area contributed by atoms with Crippen molar-refractivity contribution in [3.8, 4) is 0 Å². The normalized spacial score (nSPS) is 19.2. The molecule has 7 nitrogen and oxygen atoms in total. The lowest BCUT2D eigenvalue weighted by Gasteiger charge is -2.37. The molecule has 0 unspecified atom stereocenters. The predicted octanol–water partition coefficient (Wildman–Crippen LogP) is 0.653. The van der Waals surface area contributed by atoms with Crippen molar-refractivity contribution in [1.29, 1.82) is 0 Å². The van der Waals surface area contributed by atoms with Gasteiger partial charge in [-0.25, -0.2) is 0 Å². The average Bonchev–Trinajstić information content (AvgIpc) is 2.68. The summed E-state index contributed by atoms with van der Waals surface area (Å²) in [6.45, 7) is 9.12. The van der Waals surface area contributed by atoms with Gasteiger partial charge in [-0.1, -0.05) is 12.1 Å². The van der Waals surface area contributed by atoms with E-state index >= 15 is 0 Å². The van der Waals surface area contributed by atoms with E-state index < -0.39 is 11.8 Å². The highest BCUT2D eigenvalue weighted by atomic mass is 16.2. The number of piperazine rings is 2. The largest absolute Gasteiger partial charge is 0.336 e. The predicted molar refractivity (Wildman–Crippen MR) is 102 cm³/mol. The minimum Gasteiger partial charge on any atom is -0.336 e. The van der Waals surface area contributed by atoms with Crippen molar-refractivity contribution in [2.24, 2.45) is 0 Å². The number of carbonyl (C=O) groups excluding carboxylic acids is 3. The SMILES string of the molecule is CC(C)N1CCN(C(=O)c2ccc(CN3CCN(C)C(=O)C3=O)cc2)CC1. The Kier molecular flexibility index (Phi) is 5.79. The van der Waals surface area contributed by atoms with Crippen molar-refractivity contribution < 1.29 is 14.4 Å². The smallest absolute Gasteiger partial charge is 0.312 e. The van der Waals surface area contributed by atoms with E-state index in [9.17, 15) is 14.4 Å². The molecule has 0 radical (unpaired) electrons. The van der Waals surface area contributed by atoms with E-state index in [4.69, 9.17) is 0 Å². The number of amides is 3. The summed E-state index contributed by atoms with van der Waals surface area (Å²) in [4.78, 5) is 43.8. The highest BCUT2D eigenvalue weighted by Crippen LogP contribution is 2.14. The summed E-state index contributed by atoms with van der Waals surface area (Å²) in [5, 5.41) is 0. The molecule has 1 aromatic carbocycles. The topological polar surface area (TPSA) is 64.2 Å². The van der Waals surface area contributed by atoms with E-state index in [1.807, 2.05) is 29.2 Å². The number of likely N-dealkylation sites (N-methyl/N-ethyl adjacent to an activating group) is 1. The zero-order valence-corrected chi connectivity index (χ0v) is 16.4. The van der Waals surface area contributed by atoms with Gasteiger partial charge in [-0.3, -0.25) is 19.3 Å². The first-order valence-electron chi connectivity index (χ1n) is 9.53. The molecule has 7 heteroatoms. The zero-order chi connectivity index (χ0) is 19.6. The molecule has 2 saturated heterocycles. The number of carbonyl (C=O) groups is 3. The van der Waals surface area contributed by atoms with Crippen molar-refractivity contribution in [2.75, 3.05) is 46.3 Å². The van der Waals surface area contributed by atoms with Crippen LogP contribution in [0, 0.1) is 0 Å². The van der Waals surface area contributed by atoms with Gasteiger partial charge < -0.3 is 14.7 Å². The summed E-state index contributed by atoms with van der Waals surface area (Å²) < 4.78 is 0. The Bertz CT molecular complexity index is 708. The van der Waals surface area contributed by atoms with Crippen LogP contribution in [0.1, 0.15) is 29.8 Å². The van der Waals surface area contributed by atoms with Crippen LogP contribution in [0.25, 0.3) is 0 Å². The maximum Gasteiger partial charge on any atom is 0.312 e. The second-order valence-electron chi connectivity index (χ2n) is 7.57. The first-order chi connectivity index (χ1) is 12.9. The van der Waals surface area contributed by atoms with Crippen molar-refractivity contribution in [3.05, 3.63) is 35.4 Å². The minimum atomic E-state index is -0.466. The Balaban J connectivity index is 1.58. The molecule has 0 spiro atoms. The van der Waals surface area contributed by atoms with Crippen LogP contribution in [-0.4, -0.2) is 89.7 Å². The minimum absolute atomic E-state index is 0.0517. The molecule has 27 heavy (non-hydrogen) atoms. The molecule has 146 valence electrons. The van der Waals surface area contributed by atoms with Gasteiger partial charge in [-0.15, -0.1) is 0 Å². The van der Waals surface area contributed by atoms with E-state index in [0.717, 1.165) is 31.7 Å². The fourth-order valence-corrected chi connectivity index (χ4v) is 3.52. The summed E-state index contributed by atoms with van der Waals surface area (Å²) in [7, 11) is 1.64. The fraction of sp³-hybridized carbons (Fsp3) is 0.550. The van der Waals surface area contributed by atoms with Gasteiger partial charge in [0.2, 0.25) is 0 Å². The van der Waals surface area contributed by atoms with Crippen LogP contribution in [0.3, 0.4) is 0 Å². The van der Waals surface area contributed by atoms with E-state index in [2.05, 4.69) is 18.7 Å². The van der Waals surface area contributed by atoms with Gasteiger partial charge in [-0.2, -0.15) is 0 Å². The number of hydrogen-bond acceptors (Lipinski definition) is 4. The monoisotopic (exact) mass is 372 g/mol. The Labute approximate surface area is 160 Å². The summed E-state index contributed by atoms with van der Waals surface area (Å²) in [6, 6.07) is 7.87. The van der Waals surface area contributed by atoms with E-state index in [1.54, 1.807) is 11.9 Å². The van der Waals surface area contributed by atoms with Gasteiger partial charge in [0.15, 0.2) is 0 Å². The Morgan fingerprint density at radius 3 is 2.15 bits per heavy atom. The van der Waals surface area contributed by atoms with E-state index in [1.165, 1.54) is 4.90 Å². The first-order valence-corrected chi connectivity index (χ1v) is 9.53. The summed E-state index contributed by atoms with van der Waals surface area (Å²) >= 11 is 0. The van der Waals surface area contributed by atoms with Crippen LogP contribution in [0.4, 0.5) is 0 Å². The highest BCUT2D eigenvalue weighted by Gasteiger charge is 2.30. The molecule has 0 N–H and O–H groups in total. The van der Waals surface area contributed by atoms with E-state index in [-0.39, 0.29) is 5.91 Å². The number of benzene rings is 1. The Morgan fingerprint density at radius 2 is 1.56 bits per heavy atom. The molecular weight excluding hydrogens is 344 g/mol. The third-order valence-corrected chi connectivity index (χ3v) is 5.43. The molecular formula is C20H28N4O3. The third-order valence-electron chi connectivity index (χ3n) is 5.43. The molecule has 0 atom stereocenters. The van der Waals surface area contributed by atoms with Crippen molar-refractivity contribution in [1.82, 2.24) is 19.6 Å². The molecule has 3 rings (SSSR count). The molecule has 2 fully saturated rings. The molecule has 0 aliphatic carbocycles. The molecule has 0 bridgehead atoms. The highest BCUT2D eigenvalue weighted by molar-refractivity contribution is 6.35. The van der Waals surface area contributed by atoms with Gasteiger partial charge in [0, 0.05) is 64.5 Å². The van der Waals surface area contributed by atoms with Gasteiger partial charge in [0.1, 0.15) is 0 Å². The molecule has 3 amide bonds. The summed E-state index contributed by atoms with van der Waals surface area (Å²) in [5.74, 6) is -0.878. The van der Waals surface area contributed by atoms with Crippen LogP contribution >= 0.6 is 0 Å². The summed E-state index contributed by atoms with van der Waals surface area (Å²) in [6.07, 6.45) is 0. The Morgan fingerprint density at radius 1 is 0.926 bits per heavy atom. The van der Waals surface area contributed by atoms with Crippen LogP contribution in [0.15, 0.2) is 24.3 Å². The quantitative estimate of drug-likeness (QED) is 0.728. The lowest BCUT2D eigenvalue weighted by atomic mass is 10.1. The van der Waals surface area contributed by atoms with Gasteiger partial charge >= 0.3 is 11.8 Å². The average molecular weight is 372 g/mol. The van der Waals surface area contributed by atoms with Gasteiger partial charge in [-0.05, 0) is 31.5 Å². The third kappa shape index (κ3) is 4.30. The van der Waals surface area contributed by atoms with E-state index in [0.29, 0.717) is 31.2 Å². The maximum absolute atomic E-state index is 12.7. The van der Waals surface area contributed by atoms with Crippen molar-refractivity contribution in [2.45, 2.75) is 26.4 Å². The lowest BCUT2D eigenvalue weighted by molar-refractivity contribution is -0.155. The second kappa shape index (κ2) is 8.08. The molecule has 2 aliphatic rings. The van der Waals surface area contributed by atoms with Crippen LogP contribution in [0.5, 0.6) is 0 Å². The lowest BCUT2D eigenvalue weighted by Crippen LogP contribution is -2.52. The molecule has 0 aromatic heterocycles. The van der Waals surface area contributed by atoms with Crippen molar-refractivity contribution in [3.63, 3.8) is 0 Å². The maximum atomic E-state index is 12.7. The second-order valence-corrected chi connectivity index (χ2v) is 7.57. The van der Waals surface area contributed by atoms with Crippen LogP contribution < -0.4 is 0 Å². The van der Waals surface area contributed by atoms with Crippen molar-refractivity contribution >= 4 is 17.7 Å². The number of nitrogens with zero attached hydrogens (tertiary/aromatic N) is 4. The fourth-order valence-electron chi connectivity index (χ4n) is 3.52. The number of hydrogen-bond donors (Lipinski definition) is 0. The Hall–Kier alpha value is -2.41. The molecule has 2 heterocycles. The van der Waals surface area contributed by atoms with Crippen LogP contribution in [0.2, 0.25) is 0 Å². The van der Waals surface area contributed by atoms with Gasteiger partial charge in [0.05, 0.1) is 0 Å². The van der Waals surface area contributed by atoms with Gasteiger partial charge in [0.25, 0.3) is 5.91 Å². The number of rotatable bonds is 4. The summed E-state index contributed by atoms with van der Waals surface area (Å²) in [5.41, 5.74) is 1.58. The van der Waals surface area contributed by atoms with Crippen LogP contribution in [-0.2, 0) is 16.1 Å². The molecule has 1 aromatic rings. The molecule has 2 aliphatic heterocycles.